The second-order valence-corrected chi connectivity index (χ2v) is 4.66. The number of nitrogens with zero attached hydrogens (tertiary/aromatic N) is 3. The molecule has 17 heavy (non-hydrogen) atoms. The maximum atomic E-state index is 12.0. The Balaban J connectivity index is 2.66. The summed E-state index contributed by atoms with van der Waals surface area (Å²) in [5.41, 5.74) is 5.12. The summed E-state index contributed by atoms with van der Waals surface area (Å²) in [7, 11) is 1.84. The first-order valence-electron chi connectivity index (χ1n) is 5.82. The van der Waals surface area contributed by atoms with E-state index < -0.39 is 5.54 Å². The average molecular weight is 239 g/mol. The van der Waals surface area contributed by atoms with E-state index in [1.54, 1.807) is 17.8 Å². The molecule has 1 aromatic rings. The number of hydrogen-bond acceptors (Lipinski definition) is 4. The summed E-state index contributed by atoms with van der Waals surface area (Å²) in [4.78, 5) is 12.0. The predicted octanol–water partition coefficient (Wildman–Crippen LogP) is 0.510. The Morgan fingerprint density at radius 1 is 1.71 bits per heavy atom. The van der Waals surface area contributed by atoms with E-state index in [-0.39, 0.29) is 11.9 Å². The minimum Gasteiger partial charge on any atom is -0.345 e. The highest BCUT2D eigenvalue weighted by Gasteiger charge is 2.29. The third kappa shape index (κ3) is 3.26. The van der Waals surface area contributed by atoms with Crippen molar-refractivity contribution in [3.05, 3.63) is 12.2 Å². The number of nitrogens with two attached hydrogens (primary N) is 1. The first-order chi connectivity index (χ1) is 7.88. The zero-order valence-corrected chi connectivity index (χ0v) is 10.9. The van der Waals surface area contributed by atoms with Crippen LogP contribution in [-0.4, -0.2) is 26.2 Å². The highest BCUT2D eigenvalue weighted by Crippen LogP contribution is 2.13. The van der Waals surface area contributed by atoms with Gasteiger partial charge >= 0.3 is 0 Å². The summed E-state index contributed by atoms with van der Waals surface area (Å²) < 4.78 is 1.78. The standard InChI is InChI=1S/C11H21N5O/c1-5-6-11(3,12)10(17)14-8(2)9-15-13-7-16(9)4/h7-8H,5-6,12H2,1-4H3,(H,14,17). The predicted molar refractivity (Wildman–Crippen MR) is 65.1 cm³/mol. The van der Waals surface area contributed by atoms with E-state index in [2.05, 4.69) is 15.5 Å². The molecule has 96 valence electrons. The zero-order valence-electron chi connectivity index (χ0n) is 10.9. The maximum absolute atomic E-state index is 12.0. The van der Waals surface area contributed by atoms with Crippen LogP contribution < -0.4 is 11.1 Å². The van der Waals surface area contributed by atoms with Crippen LogP contribution in [0.25, 0.3) is 0 Å². The van der Waals surface area contributed by atoms with Crippen LogP contribution in [0.2, 0.25) is 0 Å². The summed E-state index contributed by atoms with van der Waals surface area (Å²) in [6.45, 7) is 5.61. The molecule has 1 rings (SSSR count). The fourth-order valence-corrected chi connectivity index (χ4v) is 1.74. The van der Waals surface area contributed by atoms with E-state index in [9.17, 15) is 4.79 Å². The Labute approximate surface area is 102 Å². The normalized spacial score (nSPS) is 16.3. The lowest BCUT2D eigenvalue weighted by molar-refractivity contribution is -0.126. The smallest absolute Gasteiger partial charge is 0.240 e. The van der Waals surface area contributed by atoms with Gasteiger partial charge in [0.1, 0.15) is 6.33 Å². The highest BCUT2D eigenvalue weighted by atomic mass is 16.2. The molecule has 0 radical (unpaired) electrons. The average Bonchev–Trinajstić information content (AvgIpc) is 2.64. The number of hydrogen-bond donors (Lipinski definition) is 2. The van der Waals surface area contributed by atoms with Gasteiger partial charge in [-0.05, 0) is 20.3 Å². The molecular formula is C11H21N5O. The maximum Gasteiger partial charge on any atom is 0.240 e. The number of aryl methyl sites for hydroxylation is 1. The van der Waals surface area contributed by atoms with Crippen LogP contribution in [0.5, 0.6) is 0 Å². The molecule has 0 aliphatic rings. The summed E-state index contributed by atoms with van der Waals surface area (Å²) in [5, 5.41) is 10.6. The summed E-state index contributed by atoms with van der Waals surface area (Å²) in [6.07, 6.45) is 3.13. The molecular weight excluding hydrogens is 218 g/mol. The first-order valence-corrected chi connectivity index (χ1v) is 5.82. The summed E-state index contributed by atoms with van der Waals surface area (Å²) in [6, 6.07) is -0.199. The number of amides is 1. The van der Waals surface area contributed by atoms with Crippen LogP contribution in [0.4, 0.5) is 0 Å². The molecule has 6 heteroatoms. The van der Waals surface area contributed by atoms with Crippen molar-refractivity contribution < 1.29 is 4.79 Å². The van der Waals surface area contributed by atoms with E-state index in [0.29, 0.717) is 12.2 Å². The van der Waals surface area contributed by atoms with Crippen LogP contribution in [0.3, 0.4) is 0 Å². The van der Waals surface area contributed by atoms with Crippen LogP contribution in [-0.2, 0) is 11.8 Å². The quantitative estimate of drug-likeness (QED) is 0.784. The lowest BCUT2D eigenvalue weighted by atomic mass is 9.96. The van der Waals surface area contributed by atoms with Crippen molar-refractivity contribution in [2.45, 2.75) is 45.2 Å². The van der Waals surface area contributed by atoms with Gasteiger partial charge in [0, 0.05) is 7.05 Å². The largest absolute Gasteiger partial charge is 0.345 e. The Bertz CT molecular complexity index is 385. The van der Waals surface area contributed by atoms with Gasteiger partial charge in [-0.15, -0.1) is 10.2 Å². The molecule has 2 atom stereocenters. The second-order valence-electron chi connectivity index (χ2n) is 4.66. The fraction of sp³-hybridized carbons (Fsp3) is 0.727. The van der Waals surface area contributed by atoms with Gasteiger partial charge in [-0.2, -0.15) is 0 Å². The first kappa shape index (κ1) is 13.6. The molecule has 3 N–H and O–H groups in total. The van der Waals surface area contributed by atoms with Crippen molar-refractivity contribution in [1.29, 1.82) is 0 Å². The third-order valence-electron chi connectivity index (χ3n) is 2.77. The van der Waals surface area contributed by atoms with E-state index in [1.807, 2.05) is 20.9 Å². The SMILES string of the molecule is CCCC(C)(N)C(=O)NC(C)c1nncn1C. The number of carbonyl (C=O) groups excluding carboxylic acids is 1. The van der Waals surface area contributed by atoms with Crippen LogP contribution in [0.1, 0.15) is 45.5 Å². The van der Waals surface area contributed by atoms with Crippen LogP contribution >= 0.6 is 0 Å². The minimum atomic E-state index is -0.832. The second kappa shape index (κ2) is 5.27. The minimum absolute atomic E-state index is 0.158. The molecule has 2 unspecified atom stereocenters. The summed E-state index contributed by atoms with van der Waals surface area (Å²) in [5.74, 6) is 0.556. The number of aromatic nitrogens is 3. The van der Waals surface area contributed by atoms with E-state index >= 15 is 0 Å². The summed E-state index contributed by atoms with van der Waals surface area (Å²) >= 11 is 0. The highest BCUT2D eigenvalue weighted by molar-refractivity contribution is 5.85. The number of rotatable bonds is 5. The van der Waals surface area contributed by atoms with Crippen molar-refractivity contribution in [2.75, 3.05) is 0 Å². The van der Waals surface area contributed by atoms with Gasteiger partial charge in [-0.1, -0.05) is 13.3 Å². The third-order valence-corrected chi connectivity index (χ3v) is 2.77. The lowest BCUT2D eigenvalue weighted by Gasteiger charge is -2.25. The molecule has 0 aliphatic heterocycles. The van der Waals surface area contributed by atoms with Crippen LogP contribution in [0.15, 0.2) is 6.33 Å². The molecule has 0 aromatic carbocycles. The van der Waals surface area contributed by atoms with Crippen molar-refractivity contribution in [2.24, 2.45) is 12.8 Å². The van der Waals surface area contributed by atoms with Crippen LogP contribution in [0, 0.1) is 0 Å². The monoisotopic (exact) mass is 239 g/mol. The van der Waals surface area contributed by atoms with Gasteiger partial charge in [-0.25, -0.2) is 0 Å². The molecule has 6 nitrogen and oxygen atoms in total. The molecule has 1 aromatic heterocycles. The fourth-order valence-electron chi connectivity index (χ4n) is 1.74. The van der Waals surface area contributed by atoms with Crippen molar-refractivity contribution in [3.8, 4) is 0 Å². The van der Waals surface area contributed by atoms with Gasteiger partial charge in [0.25, 0.3) is 0 Å². The molecule has 0 saturated carbocycles. The molecule has 0 bridgehead atoms. The van der Waals surface area contributed by atoms with Gasteiger partial charge in [0.05, 0.1) is 11.6 Å². The van der Waals surface area contributed by atoms with Crippen molar-refractivity contribution in [1.82, 2.24) is 20.1 Å². The lowest BCUT2D eigenvalue weighted by Crippen LogP contribution is -2.52. The topological polar surface area (TPSA) is 85.8 Å². The molecule has 0 fully saturated rings. The number of nitrogens with one attached hydrogen (secondary N) is 1. The van der Waals surface area contributed by atoms with E-state index in [1.165, 1.54) is 0 Å². The zero-order chi connectivity index (χ0) is 13.1. The molecule has 0 spiro atoms. The Morgan fingerprint density at radius 2 is 2.35 bits per heavy atom. The Hall–Kier alpha value is -1.43. The Morgan fingerprint density at radius 3 is 2.82 bits per heavy atom. The van der Waals surface area contributed by atoms with Gasteiger partial charge in [0.2, 0.25) is 5.91 Å². The van der Waals surface area contributed by atoms with Gasteiger partial charge in [0.15, 0.2) is 5.82 Å². The number of carbonyl (C=O) groups is 1. The molecule has 0 aliphatic carbocycles. The Kier molecular flexibility index (Phi) is 4.22. The van der Waals surface area contributed by atoms with E-state index in [4.69, 9.17) is 5.73 Å². The van der Waals surface area contributed by atoms with Crippen molar-refractivity contribution in [3.63, 3.8) is 0 Å². The van der Waals surface area contributed by atoms with Gasteiger partial charge in [-0.3, -0.25) is 4.79 Å². The van der Waals surface area contributed by atoms with Gasteiger partial charge < -0.3 is 15.6 Å². The van der Waals surface area contributed by atoms with Crippen molar-refractivity contribution >= 4 is 5.91 Å². The van der Waals surface area contributed by atoms with E-state index in [0.717, 1.165) is 6.42 Å². The molecule has 0 saturated heterocycles. The molecule has 1 amide bonds. The molecule has 1 heterocycles.